The number of sulfonamides is 1. The van der Waals surface area contributed by atoms with Crippen molar-refractivity contribution in [2.75, 3.05) is 4.72 Å². The molecular formula is C23H18N6O2S. The highest BCUT2D eigenvalue weighted by molar-refractivity contribution is 7.92. The molecule has 32 heavy (non-hydrogen) atoms. The van der Waals surface area contributed by atoms with Gasteiger partial charge in [0.25, 0.3) is 10.0 Å². The van der Waals surface area contributed by atoms with E-state index in [0.717, 1.165) is 16.7 Å². The van der Waals surface area contributed by atoms with Gasteiger partial charge in [0.2, 0.25) is 0 Å². The lowest BCUT2D eigenvalue weighted by atomic mass is 10.1. The molecule has 0 saturated heterocycles. The lowest BCUT2D eigenvalue weighted by Crippen LogP contribution is -2.12. The molecule has 0 atom stereocenters. The molecule has 3 heterocycles. The van der Waals surface area contributed by atoms with Crippen LogP contribution in [0.4, 0.5) is 5.69 Å². The fraction of sp³-hybridized carbons (Fsp3) is 0.0435. The summed E-state index contributed by atoms with van der Waals surface area (Å²) < 4.78 is 29.5. The molecule has 3 aromatic heterocycles. The van der Waals surface area contributed by atoms with E-state index in [1.54, 1.807) is 53.3 Å². The molecule has 5 aromatic rings. The van der Waals surface area contributed by atoms with Gasteiger partial charge in [-0.3, -0.25) is 9.71 Å². The fourth-order valence-corrected chi connectivity index (χ4v) is 4.32. The quantitative estimate of drug-likeness (QED) is 0.442. The average Bonchev–Trinajstić information content (AvgIpc) is 3.23. The van der Waals surface area contributed by atoms with Gasteiger partial charge in [0, 0.05) is 29.2 Å². The van der Waals surface area contributed by atoms with Crippen LogP contribution in [0.2, 0.25) is 0 Å². The SMILES string of the molecule is Cc1ccc(S(=O)(=O)Nc2ccc(-c3ccc4nnc(-c5cccnc5)n4n3)cc2)cc1. The highest BCUT2D eigenvalue weighted by atomic mass is 32.2. The highest BCUT2D eigenvalue weighted by Gasteiger charge is 2.14. The number of nitrogens with one attached hydrogen (secondary N) is 1. The van der Waals surface area contributed by atoms with Crippen molar-refractivity contribution >= 4 is 21.4 Å². The predicted molar refractivity (Wildman–Crippen MR) is 121 cm³/mol. The summed E-state index contributed by atoms with van der Waals surface area (Å²) in [5.74, 6) is 0.595. The zero-order valence-corrected chi connectivity index (χ0v) is 17.9. The molecule has 0 unspecified atom stereocenters. The minimum Gasteiger partial charge on any atom is -0.280 e. The van der Waals surface area contributed by atoms with Gasteiger partial charge in [-0.15, -0.1) is 10.2 Å². The van der Waals surface area contributed by atoms with Crippen LogP contribution in [0.15, 0.2) is 90.1 Å². The van der Waals surface area contributed by atoms with E-state index in [1.165, 1.54) is 0 Å². The van der Waals surface area contributed by atoms with Crippen molar-refractivity contribution in [2.45, 2.75) is 11.8 Å². The minimum atomic E-state index is -3.66. The third kappa shape index (κ3) is 3.81. The smallest absolute Gasteiger partial charge is 0.261 e. The second-order valence-electron chi connectivity index (χ2n) is 7.25. The maximum Gasteiger partial charge on any atom is 0.261 e. The van der Waals surface area contributed by atoms with Gasteiger partial charge in [-0.25, -0.2) is 8.42 Å². The maximum atomic E-state index is 12.6. The molecule has 5 rings (SSSR count). The van der Waals surface area contributed by atoms with E-state index in [9.17, 15) is 8.42 Å². The topological polar surface area (TPSA) is 102 Å². The summed E-state index contributed by atoms with van der Waals surface area (Å²) in [4.78, 5) is 4.35. The number of aryl methyl sites for hydroxylation is 1. The lowest BCUT2D eigenvalue weighted by Gasteiger charge is -2.09. The minimum absolute atomic E-state index is 0.217. The molecule has 0 spiro atoms. The zero-order chi connectivity index (χ0) is 22.1. The molecule has 0 aliphatic carbocycles. The Labute approximate surface area is 184 Å². The van der Waals surface area contributed by atoms with Crippen molar-refractivity contribution in [1.82, 2.24) is 24.8 Å². The number of aromatic nitrogens is 5. The first-order valence-corrected chi connectivity index (χ1v) is 11.3. The number of benzene rings is 2. The third-order valence-electron chi connectivity index (χ3n) is 4.95. The van der Waals surface area contributed by atoms with Gasteiger partial charge < -0.3 is 0 Å². The summed E-state index contributed by atoms with van der Waals surface area (Å²) in [7, 11) is -3.66. The Bertz CT molecular complexity index is 1500. The van der Waals surface area contributed by atoms with Gasteiger partial charge in [-0.1, -0.05) is 29.8 Å². The van der Waals surface area contributed by atoms with Crippen molar-refractivity contribution in [3.05, 3.63) is 90.8 Å². The first kappa shape index (κ1) is 19.8. The predicted octanol–water partition coefficient (Wildman–Crippen LogP) is 3.96. The zero-order valence-electron chi connectivity index (χ0n) is 17.0. The summed E-state index contributed by atoms with van der Waals surface area (Å²) in [6.07, 6.45) is 3.40. The van der Waals surface area contributed by atoms with Gasteiger partial charge in [0.05, 0.1) is 10.6 Å². The normalized spacial score (nSPS) is 11.5. The van der Waals surface area contributed by atoms with E-state index in [-0.39, 0.29) is 4.90 Å². The second-order valence-corrected chi connectivity index (χ2v) is 8.93. The number of nitrogens with zero attached hydrogens (tertiary/aromatic N) is 5. The van der Waals surface area contributed by atoms with Crippen LogP contribution in [0, 0.1) is 6.92 Å². The van der Waals surface area contributed by atoms with E-state index in [0.29, 0.717) is 22.9 Å². The molecule has 0 radical (unpaired) electrons. The molecule has 0 amide bonds. The van der Waals surface area contributed by atoms with Gasteiger partial charge in [0.1, 0.15) is 0 Å². The van der Waals surface area contributed by atoms with Crippen molar-refractivity contribution in [2.24, 2.45) is 0 Å². The number of anilines is 1. The molecule has 0 saturated carbocycles. The van der Waals surface area contributed by atoms with Crippen LogP contribution in [-0.2, 0) is 10.0 Å². The van der Waals surface area contributed by atoms with Crippen molar-refractivity contribution in [3.8, 4) is 22.6 Å². The van der Waals surface area contributed by atoms with Crippen molar-refractivity contribution in [3.63, 3.8) is 0 Å². The van der Waals surface area contributed by atoms with Crippen LogP contribution >= 0.6 is 0 Å². The van der Waals surface area contributed by atoms with E-state index in [2.05, 4.69) is 25.0 Å². The van der Waals surface area contributed by atoms with E-state index in [4.69, 9.17) is 0 Å². The van der Waals surface area contributed by atoms with Crippen molar-refractivity contribution in [1.29, 1.82) is 0 Å². The monoisotopic (exact) mass is 442 g/mol. The first-order valence-electron chi connectivity index (χ1n) is 9.82. The Morgan fingerprint density at radius 2 is 1.62 bits per heavy atom. The summed E-state index contributed by atoms with van der Waals surface area (Å²) in [6.45, 7) is 1.91. The molecule has 158 valence electrons. The summed E-state index contributed by atoms with van der Waals surface area (Å²) in [5.41, 5.74) is 4.43. The number of pyridine rings is 1. The molecule has 0 aliphatic heterocycles. The Hall–Kier alpha value is -4.11. The molecule has 9 heteroatoms. The number of rotatable bonds is 5. The van der Waals surface area contributed by atoms with Gasteiger partial charge in [0.15, 0.2) is 11.5 Å². The number of hydrogen-bond donors (Lipinski definition) is 1. The average molecular weight is 443 g/mol. The van der Waals surface area contributed by atoms with Crippen LogP contribution in [0.3, 0.4) is 0 Å². The third-order valence-corrected chi connectivity index (χ3v) is 6.34. The summed E-state index contributed by atoms with van der Waals surface area (Å²) >= 11 is 0. The van der Waals surface area contributed by atoms with Crippen LogP contribution < -0.4 is 4.72 Å². The summed E-state index contributed by atoms with van der Waals surface area (Å²) in [5, 5.41) is 13.1. The standard InChI is InChI=1S/C23H18N6O2S/c1-16-4-10-20(11-5-16)32(30,31)28-19-8-6-17(7-9-19)21-12-13-22-25-26-23(29(22)27-21)18-3-2-14-24-15-18/h2-15,28H,1H3. The molecular weight excluding hydrogens is 424 g/mol. The molecule has 1 N–H and O–H groups in total. The molecule has 2 aromatic carbocycles. The Morgan fingerprint density at radius 1 is 0.844 bits per heavy atom. The molecule has 0 bridgehead atoms. The van der Waals surface area contributed by atoms with Crippen LogP contribution in [0.5, 0.6) is 0 Å². The Kier molecular flexibility index (Phi) is 4.87. The number of hydrogen-bond acceptors (Lipinski definition) is 6. The number of fused-ring (bicyclic) bond motifs is 1. The largest absolute Gasteiger partial charge is 0.280 e. The lowest BCUT2D eigenvalue weighted by molar-refractivity contribution is 0.601. The van der Waals surface area contributed by atoms with Gasteiger partial charge >= 0.3 is 0 Å². The Morgan fingerprint density at radius 3 is 2.34 bits per heavy atom. The molecule has 8 nitrogen and oxygen atoms in total. The van der Waals surface area contributed by atoms with E-state index >= 15 is 0 Å². The second kappa shape index (κ2) is 7.86. The maximum absolute atomic E-state index is 12.6. The van der Waals surface area contributed by atoms with E-state index in [1.807, 2.05) is 43.3 Å². The molecule has 0 aliphatic rings. The van der Waals surface area contributed by atoms with Gasteiger partial charge in [-0.05, 0) is 55.5 Å². The highest BCUT2D eigenvalue weighted by Crippen LogP contribution is 2.23. The fourth-order valence-electron chi connectivity index (χ4n) is 3.26. The van der Waals surface area contributed by atoms with Crippen LogP contribution in [0.1, 0.15) is 5.56 Å². The Balaban J connectivity index is 1.43. The van der Waals surface area contributed by atoms with Gasteiger partial charge in [-0.2, -0.15) is 9.61 Å². The van der Waals surface area contributed by atoms with Crippen LogP contribution in [0.25, 0.3) is 28.3 Å². The molecule has 0 fully saturated rings. The van der Waals surface area contributed by atoms with Crippen LogP contribution in [-0.4, -0.2) is 33.2 Å². The summed E-state index contributed by atoms with van der Waals surface area (Å²) in [6, 6.07) is 21.2. The van der Waals surface area contributed by atoms with Crippen molar-refractivity contribution < 1.29 is 8.42 Å². The first-order chi connectivity index (χ1) is 15.5. The van der Waals surface area contributed by atoms with E-state index < -0.39 is 10.0 Å².